The number of hydrogen-bond donors (Lipinski definition) is 1. The predicted octanol–water partition coefficient (Wildman–Crippen LogP) is 3.80. The van der Waals surface area contributed by atoms with E-state index in [4.69, 9.17) is 19.4 Å². The molecular formula is C25H34N4O2. The van der Waals surface area contributed by atoms with Gasteiger partial charge in [0.2, 0.25) is 6.79 Å². The van der Waals surface area contributed by atoms with E-state index in [1.54, 1.807) is 0 Å². The first-order chi connectivity index (χ1) is 15.1. The number of rotatable bonds is 10. The molecular weight excluding hydrogens is 388 g/mol. The zero-order valence-electron chi connectivity index (χ0n) is 19.0. The number of hydrazine groups is 1. The number of unbranched alkanes of at least 4 members (excludes halogenated alkanes) is 3. The summed E-state index contributed by atoms with van der Waals surface area (Å²) in [4.78, 5) is 9.73. The molecule has 2 aliphatic rings. The van der Waals surface area contributed by atoms with Gasteiger partial charge >= 0.3 is 0 Å². The van der Waals surface area contributed by atoms with Gasteiger partial charge in [-0.15, -0.1) is 0 Å². The maximum absolute atomic E-state index is 5.52. The molecule has 0 spiro atoms. The Kier molecular flexibility index (Phi) is 6.64. The Labute approximate surface area is 185 Å². The summed E-state index contributed by atoms with van der Waals surface area (Å²) >= 11 is 0. The number of fused-ring (bicyclic) bond motifs is 2. The van der Waals surface area contributed by atoms with Crippen LogP contribution in [-0.2, 0) is 6.42 Å². The number of nitrogens with one attached hydrogen (secondary N) is 1. The topological polar surface area (TPSA) is 59.5 Å². The number of benzene rings is 1. The molecule has 4 rings (SSSR count). The highest BCUT2D eigenvalue weighted by Crippen LogP contribution is 2.33. The summed E-state index contributed by atoms with van der Waals surface area (Å²) in [5, 5.41) is 4.11. The Morgan fingerprint density at radius 2 is 1.90 bits per heavy atom. The van der Waals surface area contributed by atoms with Crippen molar-refractivity contribution in [3.8, 4) is 11.5 Å². The first kappa shape index (κ1) is 21.5. The summed E-state index contributed by atoms with van der Waals surface area (Å²) in [6.45, 7) is 11.1. The summed E-state index contributed by atoms with van der Waals surface area (Å²) in [5.41, 5.74) is 5.77. The van der Waals surface area contributed by atoms with Crippen LogP contribution in [0.3, 0.4) is 0 Å². The first-order valence-corrected chi connectivity index (χ1v) is 11.6. The quantitative estimate of drug-likeness (QED) is 0.588. The van der Waals surface area contributed by atoms with Gasteiger partial charge in [-0.05, 0) is 37.5 Å². The van der Waals surface area contributed by atoms with Gasteiger partial charge in [-0.25, -0.2) is 9.97 Å². The highest BCUT2D eigenvalue weighted by atomic mass is 16.7. The molecule has 0 amide bonds. The van der Waals surface area contributed by atoms with Crippen LogP contribution in [0.2, 0.25) is 0 Å². The Morgan fingerprint density at radius 3 is 2.71 bits per heavy atom. The second-order valence-electron chi connectivity index (χ2n) is 8.55. The monoisotopic (exact) mass is 422 g/mol. The third-order valence-corrected chi connectivity index (χ3v) is 6.08. The van der Waals surface area contributed by atoms with Crippen molar-refractivity contribution in [2.24, 2.45) is 0 Å². The lowest BCUT2D eigenvalue weighted by molar-refractivity contribution is 0.174. The lowest BCUT2D eigenvalue weighted by Crippen LogP contribution is -2.43. The fourth-order valence-corrected chi connectivity index (χ4v) is 4.51. The third-order valence-electron chi connectivity index (χ3n) is 6.08. The normalized spacial score (nSPS) is 15.2. The van der Waals surface area contributed by atoms with Crippen molar-refractivity contribution < 1.29 is 9.47 Å². The summed E-state index contributed by atoms with van der Waals surface area (Å²) in [7, 11) is 0. The summed E-state index contributed by atoms with van der Waals surface area (Å²) < 4.78 is 10.9. The molecule has 1 unspecified atom stereocenters. The standard InChI is InChI=1S/C25H34N4O2/c1-5-7-8-9-11-20(10-6-2)29-25-24(18(4)28-29)17(3)26-23(27-25)15-19-12-13-21-22(14-19)31-16-30-21/h12-14,20,28H,3,5-11,15-16H2,1-2,4H3. The van der Waals surface area contributed by atoms with Crippen molar-refractivity contribution in [3.05, 3.63) is 40.2 Å². The van der Waals surface area contributed by atoms with Gasteiger partial charge < -0.3 is 14.9 Å². The number of aromatic nitrogens is 2. The van der Waals surface area contributed by atoms with Gasteiger partial charge in [0.15, 0.2) is 17.3 Å². The predicted molar refractivity (Wildman–Crippen MR) is 124 cm³/mol. The van der Waals surface area contributed by atoms with Crippen molar-refractivity contribution >= 4 is 18.1 Å². The van der Waals surface area contributed by atoms with Gasteiger partial charge in [0.1, 0.15) is 5.82 Å². The molecule has 31 heavy (non-hydrogen) atoms. The SMILES string of the molecule is C=c1nc(Cc2ccc3c(c2)OCO3)nc2c1=C(C)NN2C(CCC)CCCCCC. The first-order valence-electron chi connectivity index (χ1n) is 11.6. The number of hydrogen-bond acceptors (Lipinski definition) is 6. The molecule has 1 aromatic heterocycles. The molecule has 6 heteroatoms. The molecule has 166 valence electrons. The molecule has 2 aliphatic heterocycles. The largest absolute Gasteiger partial charge is 0.454 e. The number of ether oxygens (including phenoxy) is 2. The highest BCUT2D eigenvalue weighted by Gasteiger charge is 2.27. The van der Waals surface area contributed by atoms with Crippen molar-refractivity contribution in [1.82, 2.24) is 15.4 Å². The Bertz CT molecular complexity index is 1040. The highest BCUT2D eigenvalue weighted by molar-refractivity contribution is 5.60. The van der Waals surface area contributed by atoms with E-state index in [1.165, 1.54) is 32.1 Å². The zero-order valence-corrected chi connectivity index (χ0v) is 19.0. The molecule has 0 aliphatic carbocycles. The Hall–Kier alpha value is -2.76. The molecule has 1 aromatic carbocycles. The van der Waals surface area contributed by atoms with E-state index in [0.29, 0.717) is 12.5 Å². The minimum Gasteiger partial charge on any atom is -0.454 e. The second kappa shape index (κ2) is 9.58. The van der Waals surface area contributed by atoms with Gasteiger partial charge in [-0.1, -0.05) is 58.6 Å². The van der Waals surface area contributed by atoms with Gasteiger partial charge in [0, 0.05) is 12.1 Å². The van der Waals surface area contributed by atoms with E-state index in [1.807, 2.05) is 18.2 Å². The van der Waals surface area contributed by atoms with Crippen molar-refractivity contribution in [3.63, 3.8) is 0 Å². The molecule has 0 saturated heterocycles. The molecule has 0 fully saturated rings. The fourth-order valence-electron chi connectivity index (χ4n) is 4.51. The maximum Gasteiger partial charge on any atom is 0.231 e. The molecule has 0 saturated carbocycles. The van der Waals surface area contributed by atoms with Crippen LogP contribution < -0.4 is 30.5 Å². The average molecular weight is 423 g/mol. The summed E-state index contributed by atoms with van der Waals surface area (Å²) in [6.07, 6.45) is 9.20. The fraction of sp³-hybridized carbons (Fsp3) is 0.520. The average Bonchev–Trinajstić information content (AvgIpc) is 3.34. The van der Waals surface area contributed by atoms with E-state index in [0.717, 1.165) is 57.8 Å². The van der Waals surface area contributed by atoms with Crippen LogP contribution >= 0.6 is 0 Å². The van der Waals surface area contributed by atoms with Gasteiger partial charge in [-0.3, -0.25) is 5.01 Å². The van der Waals surface area contributed by atoms with E-state index >= 15 is 0 Å². The molecule has 3 heterocycles. The summed E-state index contributed by atoms with van der Waals surface area (Å²) in [5.74, 6) is 3.34. The lowest BCUT2D eigenvalue weighted by Gasteiger charge is -2.30. The molecule has 6 nitrogen and oxygen atoms in total. The van der Waals surface area contributed by atoms with Crippen LogP contribution in [0.5, 0.6) is 11.5 Å². The number of nitrogens with zero attached hydrogens (tertiary/aromatic N) is 3. The lowest BCUT2D eigenvalue weighted by atomic mass is 10.0. The Balaban J connectivity index is 1.59. The van der Waals surface area contributed by atoms with E-state index in [2.05, 4.69) is 37.8 Å². The minimum absolute atomic E-state index is 0.282. The van der Waals surface area contributed by atoms with Gasteiger partial charge in [0.05, 0.1) is 16.6 Å². The van der Waals surface area contributed by atoms with Crippen molar-refractivity contribution in [1.29, 1.82) is 0 Å². The van der Waals surface area contributed by atoms with E-state index in [9.17, 15) is 0 Å². The second-order valence-corrected chi connectivity index (χ2v) is 8.55. The molecule has 2 aromatic rings. The summed E-state index contributed by atoms with van der Waals surface area (Å²) in [6, 6.07) is 6.44. The van der Waals surface area contributed by atoms with Crippen LogP contribution in [0, 0.1) is 0 Å². The maximum atomic E-state index is 5.52. The van der Waals surface area contributed by atoms with Crippen LogP contribution in [0.15, 0.2) is 18.2 Å². The van der Waals surface area contributed by atoms with Crippen LogP contribution in [0.1, 0.15) is 77.1 Å². The molecule has 1 atom stereocenters. The van der Waals surface area contributed by atoms with Crippen molar-refractivity contribution in [2.75, 3.05) is 11.8 Å². The number of anilines is 1. The molecule has 1 N–H and O–H groups in total. The molecule has 0 radical (unpaired) electrons. The van der Waals surface area contributed by atoms with Gasteiger partial charge in [0.25, 0.3) is 0 Å². The van der Waals surface area contributed by atoms with Gasteiger partial charge in [-0.2, -0.15) is 0 Å². The molecule has 0 bridgehead atoms. The van der Waals surface area contributed by atoms with Crippen LogP contribution in [-0.4, -0.2) is 22.8 Å². The zero-order chi connectivity index (χ0) is 21.8. The van der Waals surface area contributed by atoms with Crippen molar-refractivity contribution in [2.45, 2.75) is 78.2 Å². The van der Waals surface area contributed by atoms with E-state index < -0.39 is 0 Å². The van der Waals surface area contributed by atoms with E-state index in [-0.39, 0.29) is 6.79 Å². The third kappa shape index (κ3) is 4.63. The smallest absolute Gasteiger partial charge is 0.231 e. The Morgan fingerprint density at radius 1 is 1.06 bits per heavy atom. The van der Waals surface area contributed by atoms with Crippen LogP contribution in [0.4, 0.5) is 5.82 Å². The minimum atomic E-state index is 0.282. The van der Waals surface area contributed by atoms with Crippen LogP contribution in [0.25, 0.3) is 12.3 Å².